The molecule has 0 saturated carbocycles. The summed E-state index contributed by atoms with van der Waals surface area (Å²) in [6, 6.07) is 13.0. The molecule has 1 aromatic heterocycles. The van der Waals surface area contributed by atoms with Crippen molar-refractivity contribution in [1.82, 2.24) is 3.96 Å². The van der Waals surface area contributed by atoms with Crippen molar-refractivity contribution in [3.05, 3.63) is 52.8 Å². The Morgan fingerprint density at radius 1 is 1.05 bits per heavy atom. The normalized spacial score (nSPS) is 10.7. The second kappa shape index (κ2) is 5.02. The predicted molar refractivity (Wildman–Crippen MR) is 80.5 cm³/mol. The molecule has 0 unspecified atom stereocenters. The van der Waals surface area contributed by atoms with E-state index in [0.717, 1.165) is 4.70 Å². The number of hydrogen-bond acceptors (Lipinski definition) is 4. The Labute approximate surface area is 119 Å². The summed E-state index contributed by atoms with van der Waals surface area (Å²) in [6.07, 6.45) is 0. The molecular weight excluding hydrogens is 274 g/mol. The molecule has 0 N–H and O–H groups in total. The summed E-state index contributed by atoms with van der Waals surface area (Å²) in [5, 5.41) is 0.711. The molecule has 2 aromatic carbocycles. The maximum absolute atomic E-state index is 12.5. The van der Waals surface area contributed by atoms with Gasteiger partial charge in [0, 0.05) is 6.07 Å². The Bertz CT molecular complexity index is 819. The van der Waals surface area contributed by atoms with Crippen molar-refractivity contribution >= 4 is 21.6 Å². The molecule has 0 aliphatic rings. The number of benzene rings is 2. The van der Waals surface area contributed by atoms with E-state index in [9.17, 15) is 4.79 Å². The predicted octanol–water partition coefficient (Wildman–Crippen LogP) is 3.07. The molecule has 20 heavy (non-hydrogen) atoms. The minimum Gasteiger partial charge on any atom is -0.497 e. The van der Waals surface area contributed by atoms with Gasteiger partial charge in [-0.05, 0) is 24.3 Å². The highest BCUT2D eigenvalue weighted by molar-refractivity contribution is 7.14. The fourth-order valence-corrected chi connectivity index (χ4v) is 3.10. The standard InChI is InChI=1S/C15H13NO3S/c1-18-10-7-8-13(19-2)12(9-10)16-15(17)11-5-3-4-6-14(11)20-16/h3-9H,1-2H3. The van der Waals surface area contributed by atoms with Crippen LogP contribution in [0, 0.1) is 0 Å². The van der Waals surface area contributed by atoms with Crippen LogP contribution in [0.4, 0.5) is 0 Å². The topological polar surface area (TPSA) is 40.5 Å². The Kier molecular flexibility index (Phi) is 3.20. The van der Waals surface area contributed by atoms with Crippen LogP contribution in [-0.2, 0) is 0 Å². The second-order valence-electron chi connectivity index (χ2n) is 4.22. The van der Waals surface area contributed by atoms with Crippen LogP contribution in [-0.4, -0.2) is 18.2 Å². The quantitative estimate of drug-likeness (QED) is 0.743. The average Bonchev–Trinajstić information content (AvgIpc) is 2.84. The minimum absolute atomic E-state index is 0.0443. The van der Waals surface area contributed by atoms with Crippen LogP contribution < -0.4 is 15.0 Å². The fraction of sp³-hybridized carbons (Fsp3) is 0.133. The Balaban J connectivity index is 2.29. The largest absolute Gasteiger partial charge is 0.497 e. The van der Waals surface area contributed by atoms with Crippen molar-refractivity contribution in [1.29, 1.82) is 0 Å². The van der Waals surface area contributed by atoms with Crippen LogP contribution in [0.1, 0.15) is 0 Å². The fourth-order valence-electron chi connectivity index (χ4n) is 2.09. The van der Waals surface area contributed by atoms with Crippen LogP contribution in [0.5, 0.6) is 11.5 Å². The smallest absolute Gasteiger partial charge is 0.273 e. The van der Waals surface area contributed by atoms with E-state index >= 15 is 0 Å². The van der Waals surface area contributed by atoms with Gasteiger partial charge in [0.25, 0.3) is 5.56 Å². The Hall–Kier alpha value is -2.27. The summed E-state index contributed by atoms with van der Waals surface area (Å²) in [5.74, 6) is 1.32. The first-order valence-electron chi connectivity index (χ1n) is 6.08. The maximum atomic E-state index is 12.5. The van der Waals surface area contributed by atoms with Crippen molar-refractivity contribution in [2.75, 3.05) is 14.2 Å². The van der Waals surface area contributed by atoms with E-state index in [1.807, 2.05) is 24.3 Å². The molecule has 0 aliphatic heterocycles. The molecule has 0 fully saturated rings. The van der Waals surface area contributed by atoms with Crippen molar-refractivity contribution in [3.63, 3.8) is 0 Å². The number of nitrogens with zero attached hydrogens (tertiary/aromatic N) is 1. The third kappa shape index (κ3) is 1.96. The molecule has 3 aromatic rings. The van der Waals surface area contributed by atoms with E-state index in [4.69, 9.17) is 9.47 Å². The third-order valence-electron chi connectivity index (χ3n) is 3.10. The Morgan fingerprint density at radius 2 is 1.85 bits per heavy atom. The van der Waals surface area contributed by atoms with Gasteiger partial charge < -0.3 is 9.47 Å². The van der Waals surface area contributed by atoms with Crippen LogP contribution in [0.15, 0.2) is 47.3 Å². The molecule has 3 rings (SSSR count). The van der Waals surface area contributed by atoms with E-state index < -0.39 is 0 Å². The maximum Gasteiger partial charge on any atom is 0.273 e. The number of methoxy groups -OCH3 is 2. The van der Waals surface area contributed by atoms with Gasteiger partial charge in [-0.15, -0.1) is 0 Å². The van der Waals surface area contributed by atoms with Crippen molar-refractivity contribution < 1.29 is 9.47 Å². The van der Waals surface area contributed by atoms with Crippen LogP contribution in [0.3, 0.4) is 0 Å². The molecule has 0 bridgehead atoms. The third-order valence-corrected chi connectivity index (χ3v) is 4.19. The molecule has 0 aliphatic carbocycles. The SMILES string of the molecule is COc1ccc(OC)c(-n2sc3ccccc3c2=O)c1. The van der Waals surface area contributed by atoms with Gasteiger partial charge in [-0.3, -0.25) is 4.79 Å². The zero-order chi connectivity index (χ0) is 14.1. The highest BCUT2D eigenvalue weighted by atomic mass is 32.1. The van der Waals surface area contributed by atoms with Gasteiger partial charge in [-0.1, -0.05) is 23.7 Å². The lowest BCUT2D eigenvalue weighted by atomic mass is 10.2. The highest BCUT2D eigenvalue weighted by Crippen LogP contribution is 2.29. The molecule has 0 saturated heterocycles. The average molecular weight is 287 g/mol. The number of rotatable bonds is 3. The molecule has 0 amide bonds. The zero-order valence-corrected chi connectivity index (χ0v) is 11.9. The number of fused-ring (bicyclic) bond motifs is 1. The Morgan fingerprint density at radius 3 is 2.55 bits per heavy atom. The van der Waals surface area contributed by atoms with E-state index in [1.54, 1.807) is 36.4 Å². The first kappa shape index (κ1) is 12.7. The number of hydrogen-bond donors (Lipinski definition) is 0. The molecule has 1 heterocycles. The highest BCUT2D eigenvalue weighted by Gasteiger charge is 2.13. The van der Waals surface area contributed by atoms with Crippen molar-refractivity contribution in [2.24, 2.45) is 0 Å². The van der Waals surface area contributed by atoms with Crippen molar-refractivity contribution in [3.8, 4) is 17.2 Å². The summed E-state index contributed by atoms with van der Waals surface area (Å²) in [4.78, 5) is 12.5. The second-order valence-corrected chi connectivity index (χ2v) is 5.21. The zero-order valence-electron chi connectivity index (χ0n) is 11.1. The van der Waals surface area contributed by atoms with Crippen LogP contribution >= 0.6 is 11.5 Å². The molecular formula is C15H13NO3S. The molecule has 0 spiro atoms. The molecule has 0 atom stereocenters. The van der Waals surface area contributed by atoms with Crippen LogP contribution in [0.2, 0.25) is 0 Å². The van der Waals surface area contributed by atoms with E-state index in [1.165, 1.54) is 11.5 Å². The first-order chi connectivity index (χ1) is 9.74. The molecule has 102 valence electrons. The first-order valence-corrected chi connectivity index (χ1v) is 6.85. The van der Waals surface area contributed by atoms with Gasteiger partial charge in [0.05, 0.1) is 24.3 Å². The lowest BCUT2D eigenvalue weighted by Gasteiger charge is -2.09. The summed E-state index contributed by atoms with van der Waals surface area (Å²) >= 11 is 1.39. The minimum atomic E-state index is -0.0443. The number of ether oxygens (including phenoxy) is 2. The summed E-state index contributed by atoms with van der Waals surface area (Å²) in [6.45, 7) is 0. The van der Waals surface area contributed by atoms with E-state index in [-0.39, 0.29) is 5.56 Å². The van der Waals surface area contributed by atoms with E-state index in [0.29, 0.717) is 22.6 Å². The van der Waals surface area contributed by atoms with Gasteiger partial charge in [0.1, 0.15) is 17.2 Å². The van der Waals surface area contributed by atoms with E-state index in [2.05, 4.69) is 0 Å². The lowest BCUT2D eigenvalue weighted by Crippen LogP contribution is -2.11. The van der Waals surface area contributed by atoms with Gasteiger partial charge in [0.15, 0.2) is 0 Å². The van der Waals surface area contributed by atoms with Gasteiger partial charge in [-0.25, -0.2) is 3.96 Å². The monoisotopic (exact) mass is 287 g/mol. The lowest BCUT2D eigenvalue weighted by molar-refractivity contribution is 0.402. The molecule has 4 nitrogen and oxygen atoms in total. The summed E-state index contributed by atoms with van der Waals surface area (Å²) in [7, 11) is 3.18. The van der Waals surface area contributed by atoms with Crippen molar-refractivity contribution in [2.45, 2.75) is 0 Å². The van der Waals surface area contributed by atoms with Gasteiger partial charge in [-0.2, -0.15) is 0 Å². The molecule has 5 heteroatoms. The number of aromatic nitrogens is 1. The van der Waals surface area contributed by atoms with Gasteiger partial charge >= 0.3 is 0 Å². The summed E-state index contributed by atoms with van der Waals surface area (Å²) < 4.78 is 13.1. The van der Waals surface area contributed by atoms with Crippen LogP contribution in [0.25, 0.3) is 15.8 Å². The molecule has 0 radical (unpaired) electrons. The van der Waals surface area contributed by atoms with Gasteiger partial charge in [0.2, 0.25) is 0 Å². The summed E-state index contributed by atoms with van der Waals surface area (Å²) in [5.41, 5.74) is 0.648.